The van der Waals surface area contributed by atoms with Crippen molar-refractivity contribution in [3.63, 3.8) is 0 Å². The molecule has 0 spiro atoms. The molecule has 0 bridgehead atoms. The summed E-state index contributed by atoms with van der Waals surface area (Å²) in [5.74, 6) is -0.214. The summed E-state index contributed by atoms with van der Waals surface area (Å²) in [5.41, 5.74) is 0. The van der Waals surface area contributed by atoms with Crippen molar-refractivity contribution in [2.24, 2.45) is 0 Å². The quantitative estimate of drug-likeness (QED) is 0.631. The minimum Gasteiger partial charge on any atom is -0.396 e. The molecule has 0 aliphatic carbocycles. The second-order valence-corrected chi connectivity index (χ2v) is 5.44. The Morgan fingerprint density at radius 3 is 2.73 bits per heavy atom. The van der Waals surface area contributed by atoms with Gasteiger partial charge in [0, 0.05) is 18.4 Å². The van der Waals surface area contributed by atoms with Gasteiger partial charge in [-0.15, -0.1) is 0 Å². The van der Waals surface area contributed by atoms with Crippen LogP contribution in [0.2, 0.25) is 0 Å². The van der Waals surface area contributed by atoms with Gasteiger partial charge in [0.05, 0.1) is 11.8 Å². The minimum atomic E-state index is -3.10. The third-order valence-electron chi connectivity index (χ3n) is 2.09. The number of amides is 1. The van der Waals surface area contributed by atoms with E-state index < -0.39 is 15.9 Å². The molecule has 1 aliphatic heterocycles. The molecule has 0 aromatic carbocycles. The molecule has 1 unspecified atom stereocenters. The summed E-state index contributed by atoms with van der Waals surface area (Å²) in [6.45, 7) is 0.0744. The maximum absolute atomic E-state index is 11.3. The molecule has 15 heavy (non-hydrogen) atoms. The van der Waals surface area contributed by atoms with Gasteiger partial charge in [-0.1, -0.05) is 0 Å². The molecule has 5 nitrogen and oxygen atoms in total. The van der Waals surface area contributed by atoms with Crippen molar-refractivity contribution in [3.05, 3.63) is 11.5 Å². The highest BCUT2D eigenvalue weighted by Crippen LogP contribution is 2.08. The maximum atomic E-state index is 11.3. The minimum absolute atomic E-state index is 0.0429. The third kappa shape index (κ3) is 4.44. The fourth-order valence-corrected chi connectivity index (χ4v) is 2.58. The van der Waals surface area contributed by atoms with Crippen LogP contribution in [0.3, 0.4) is 0 Å². The van der Waals surface area contributed by atoms with Gasteiger partial charge in [-0.3, -0.25) is 4.79 Å². The molecule has 1 aliphatic rings. The van der Waals surface area contributed by atoms with E-state index in [9.17, 15) is 13.2 Å². The van der Waals surface area contributed by atoms with E-state index in [0.717, 1.165) is 5.41 Å². The monoisotopic (exact) mass is 233 g/mol. The fraction of sp³-hybridized carbons (Fsp3) is 0.667. The second kappa shape index (κ2) is 5.27. The number of carbonyl (C=O) groups is 1. The Balaban J connectivity index is 2.26. The Morgan fingerprint density at radius 1 is 1.47 bits per heavy atom. The Kier molecular flexibility index (Phi) is 4.28. The largest absolute Gasteiger partial charge is 0.396 e. The summed E-state index contributed by atoms with van der Waals surface area (Å²) < 4.78 is 22.0. The van der Waals surface area contributed by atoms with Crippen LogP contribution in [0.1, 0.15) is 19.3 Å². The van der Waals surface area contributed by atoms with Gasteiger partial charge in [-0.25, -0.2) is 8.42 Å². The average Bonchev–Trinajstić information content (AvgIpc) is 2.46. The molecule has 0 saturated heterocycles. The summed E-state index contributed by atoms with van der Waals surface area (Å²) in [4.78, 5) is 11.3. The van der Waals surface area contributed by atoms with Crippen LogP contribution in [-0.4, -0.2) is 37.8 Å². The number of hydrogen-bond donors (Lipinski definition) is 2. The number of nitrogens with one attached hydrogen (secondary N) is 1. The predicted molar refractivity (Wildman–Crippen MR) is 55.8 cm³/mol. The smallest absolute Gasteiger partial charge is 0.220 e. The van der Waals surface area contributed by atoms with Crippen molar-refractivity contribution in [2.45, 2.75) is 25.3 Å². The Labute approximate surface area is 89.1 Å². The summed E-state index contributed by atoms with van der Waals surface area (Å²) in [7, 11) is -3.10. The first-order chi connectivity index (χ1) is 7.03. The molecule has 6 heteroatoms. The Hall–Kier alpha value is -0.880. The van der Waals surface area contributed by atoms with E-state index >= 15 is 0 Å². The zero-order valence-corrected chi connectivity index (χ0v) is 9.16. The molecule has 0 saturated carbocycles. The van der Waals surface area contributed by atoms with Crippen LogP contribution in [0.4, 0.5) is 0 Å². The number of unbranched alkanes of at least 4 members (excludes halogenated alkanes) is 1. The molecule has 1 rings (SSSR count). The highest BCUT2D eigenvalue weighted by Gasteiger charge is 2.22. The number of hydrogen-bond acceptors (Lipinski definition) is 4. The molecule has 0 fully saturated rings. The number of rotatable bonds is 5. The molecule has 0 aromatic rings. The van der Waals surface area contributed by atoms with E-state index in [1.54, 1.807) is 0 Å². The van der Waals surface area contributed by atoms with Crippen LogP contribution in [-0.2, 0) is 14.6 Å². The van der Waals surface area contributed by atoms with Crippen LogP contribution in [0.5, 0.6) is 0 Å². The molecule has 2 N–H and O–H groups in total. The van der Waals surface area contributed by atoms with Gasteiger partial charge >= 0.3 is 0 Å². The molecule has 1 amide bonds. The molecule has 86 valence electrons. The van der Waals surface area contributed by atoms with E-state index in [1.165, 1.54) is 6.08 Å². The number of aliphatic hydroxyl groups is 1. The van der Waals surface area contributed by atoms with Crippen molar-refractivity contribution < 1.29 is 18.3 Å². The van der Waals surface area contributed by atoms with E-state index in [0.29, 0.717) is 19.3 Å². The number of carbonyl (C=O) groups excluding carboxylic acids is 1. The summed E-state index contributed by atoms with van der Waals surface area (Å²) >= 11 is 0. The zero-order chi connectivity index (χ0) is 11.3. The van der Waals surface area contributed by atoms with Gasteiger partial charge in [0.15, 0.2) is 9.84 Å². The van der Waals surface area contributed by atoms with Gasteiger partial charge in [-0.2, -0.15) is 0 Å². The highest BCUT2D eigenvalue weighted by molar-refractivity contribution is 7.94. The van der Waals surface area contributed by atoms with Crippen LogP contribution < -0.4 is 5.32 Å². The maximum Gasteiger partial charge on any atom is 0.220 e. The fourth-order valence-electron chi connectivity index (χ4n) is 1.34. The molecule has 0 aromatic heterocycles. The van der Waals surface area contributed by atoms with Crippen molar-refractivity contribution in [1.82, 2.24) is 5.32 Å². The van der Waals surface area contributed by atoms with Gasteiger partial charge in [0.1, 0.15) is 0 Å². The molecule has 1 atom stereocenters. The van der Waals surface area contributed by atoms with Crippen LogP contribution in [0.25, 0.3) is 0 Å². The van der Waals surface area contributed by atoms with E-state index in [-0.39, 0.29) is 18.3 Å². The van der Waals surface area contributed by atoms with E-state index in [2.05, 4.69) is 5.32 Å². The predicted octanol–water partition coefficient (Wildman–Crippen LogP) is -0.424. The third-order valence-corrected chi connectivity index (χ3v) is 3.48. The van der Waals surface area contributed by atoms with Crippen molar-refractivity contribution in [2.75, 3.05) is 12.4 Å². The normalized spacial score (nSPS) is 22.9. The zero-order valence-electron chi connectivity index (χ0n) is 8.35. The number of aliphatic hydroxyl groups excluding tert-OH is 1. The standard InChI is InChI=1S/C9H15NO4S/c11-5-2-1-3-9(12)10-8-4-6-15(13,14)7-8/h4,6,8,11H,1-3,5,7H2,(H,10,12). The lowest BCUT2D eigenvalue weighted by molar-refractivity contribution is -0.121. The van der Waals surface area contributed by atoms with Gasteiger partial charge < -0.3 is 10.4 Å². The van der Waals surface area contributed by atoms with Crippen molar-refractivity contribution >= 4 is 15.7 Å². The Morgan fingerprint density at radius 2 is 2.20 bits per heavy atom. The SMILES string of the molecule is O=C(CCCCO)NC1C=CS(=O)(=O)C1. The second-order valence-electron chi connectivity index (χ2n) is 3.51. The van der Waals surface area contributed by atoms with Gasteiger partial charge in [0.2, 0.25) is 5.91 Å². The Bertz CT molecular complexity index is 347. The first kappa shape index (κ1) is 12.2. The lowest BCUT2D eigenvalue weighted by atomic mass is 10.2. The molecular weight excluding hydrogens is 218 g/mol. The van der Waals surface area contributed by atoms with Crippen molar-refractivity contribution in [3.8, 4) is 0 Å². The lowest BCUT2D eigenvalue weighted by Gasteiger charge is -2.09. The topological polar surface area (TPSA) is 83.5 Å². The molecular formula is C9H15NO4S. The lowest BCUT2D eigenvalue weighted by Crippen LogP contribution is -2.35. The van der Waals surface area contributed by atoms with E-state index in [4.69, 9.17) is 5.11 Å². The van der Waals surface area contributed by atoms with Crippen LogP contribution in [0, 0.1) is 0 Å². The van der Waals surface area contributed by atoms with E-state index in [1.807, 2.05) is 0 Å². The van der Waals surface area contributed by atoms with Crippen molar-refractivity contribution in [1.29, 1.82) is 0 Å². The van der Waals surface area contributed by atoms with Crippen LogP contribution in [0.15, 0.2) is 11.5 Å². The highest BCUT2D eigenvalue weighted by atomic mass is 32.2. The summed E-state index contributed by atoms with van der Waals surface area (Å²) in [6, 6.07) is -0.392. The average molecular weight is 233 g/mol. The van der Waals surface area contributed by atoms with Gasteiger partial charge in [0.25, 0.3) is 0 Å². The van der Waals surface area contributed by atoms with Crippen LogP contribution >= 0.6 is 0 Å². The molecule has 1 heterocycles. The summed E-state index contributed by atoms with van der Waals surface area (Å²) in [5, 5.41) is 12.2. The number of sulfone groups is 1. The summed E-state index contributed by atoms with van der Waals surface area (Å²) in [6.07, 6.45) is 3.02. The first-order valence-corrected chi connectivity index (χ1v) is 6.56. The molecule has 0 radical (unpaired) electrons. The van der Waals surface area contributed by atoms with Gasteiger partial charge in [-0.05, 0) is 18.9 Å². The first-order valence-electron chi connectivity index (χ1n) is 4.85.